The molecule has 2 saturated heterocycles. The lowest BCUT2D eigenvalue weighted by atomic mass is 9.65. The van der Waals surface area contributed by atoms with Gasteiger partial charge in [0.2, 0.25) is 0 Å². The number of ether oxygens (including phenoxy) is 3. The molecule has 3 aliphatic rings. The Bertz CT molecular complexity index is 497. The van der Waals surface area contributed by atoms with Crippen molar-refractivity contribution in [2.75, 3.05) is 20.8 Å². The van der Waals surface area contributed by atoms with Crippen LogP contribution in [0.1, 0.15) is 33.6 Å². The summed E-state index contributed by atoms with van der Waals surface area (Å²) in [5.74, 6) is -2.29. The molecule has 1 amide bonds. The van der Waals surface area contributed by atoms with E-state index in [-0.39, 0.29) is 5.92 Å². The van der Waals surface area contributed by atoms with E-state index in [0.717, 1.165) is 6.42 Å². The highest BCUT2D eigenvalue weighted by Crippen LogP contribution is 2.45. The van der Waals surface area contributed by atoms with Crippen LogP contribution in [0, 0.1) is 17.8 Å². The second kappa shape index (κ2) is 6.37. The molecule has 1 aliphatic carbocycles. The third-order valence-electron chi connectivity index (χ3n) is 4.55. The van der Waals surface area contributed by atoms with Crippen LogP contribution >= 0.6 is 0 Å². The molecule has 7 heteroatoms. The Labute approximate surface area is 136 Å². The number of amides is 1. The third-order valence-corrected chi connectivity index (χ3v) is 4.55. The van der Waals surface area contributed by atoms with E-state index >= 15 is 0 Å². The first-order valence-corrected chi connectivity index (χ1v) is 7.85. The van der Waals surface area contributed by atoms with E-state index in [1.54, 1.807) is 25.7 Å². The quantitative estimate of drug-likeness (QED) is 0.566. The van der Waals surface area contributed by atoms with Crippen LogP contribution in [-0.4, -0.2) is 55.3 Å². The van der Waals surface area contributed by atoms with Crippen molar-refractivity contribution in [2.45, 2.75) is 45.3 Å². The molecule has 7 nitrogen and oxygen atoms in total. The van der Waals surface area contributed by atoms with Crippen molar-refractivity contribution in [1.82, 2.24) is 4.90 Å². The van der Waals surface area contributed by atoms with Crippen LogP contribution in [0.4, 0.5) is 4.79 Å². The number of hydrogen-bond acceptors (Lipinski definition) is 6. The molecule has 0 unspecified atom stereocenters. The van der Waals surface area contributed by atoms with Crippen molar-refractivity contribution in [1.29, 1.82) is 0 Å². The zero-order valence-electron chi connectivity index (χ0n) is 14.3. The van der Waals surface area contributed by atoms with E-state index in [9.17, 15) is 14.4 Å². The average Bonchev–Trinajstić information content (AvgIpc) is 2.51. The summed E-state index contributed by atoms with van der Waals surface area (Å²) in [4.78, 5) is 38.4. The van der Waals surface area contributed by atoms with Gasteiger partial charge in [0.15, 0.2) is 0 Å². The minimum absolute atomic E-state index is 0.121. The summed E-state index contributed by atoms with van der Waals surface area (Å²) in [6, 6.07) is -0.397. The van der Waals surface area contributed by atoms with Gasteiger partial charge >= 0.3 is 18.0 Å². The van der Waals surface area contributed by atoms with E-state index in [4.69, 9.17) is 14.2 Å². The van der Waals surface area contributed by atoms with E-state index in [0.29, 0.717) is 13.0 Å². The number of carbonyl (C=O) groups is 3. The molecule has 130 valence electrons. The van der Waals surface area contributed by atoms with Gasteiger partial charge in [0.1, 0.15) is 5.60 Å². The number of hydrogen-bond donors (Lipinski definition) is 0. The number of piperidine rings is 2. The van der Waals surface area contributed by atoms with Crippen LogP contribution in [0.15, 0.2) is 0 Å². The summed E-state index contributed by atoms with van der Waals surface area (Å²) in [5.41, 5.74) is -0.615. The normalized spacial score (nSPS) is 29.9. The smallest absolute Gasteiger partial charge is 0.410 e. The van der Waals surface area contributed by atoms with Gasteiger partial charge in [-0.25, -0.2) is 4.79 Å². The Hall–Kier alpha value is -1.79. The minimum atomic E-state index is -0.701. The molecule has 0 aromatic carbocycles. The summed E-state index contributed by atoms with van der Waals surface area (Å²) in [6.07, 6.45) is 0.971. The van der Waals surface area contributed by atoms with Crippen LogP contribution in [0.3, 0.4) is 0 Å². The molecule has 0 spiro atoms. The molecule has 23 heavy (non-hydrogen) atoms. The van der Waals surface area contributed by atoms with Crippen molar-refractivity contribution >= 4 is 18.0 Å². The summed E-state index contributed by atoms with van der Waals surface area (Å²) in [7, 11) is 2.60. The average molecular weight is 327 g/mol. The zero-order valence-corrected chi connectivity index (χ0v) is 14.3. The largest absolute Gasteiger partial charge is 0.469 e. The Kier molecular flexibility index (Phi) is 4.87. The second-order valence-electron chi connectivity index (χ2n) is 7.14. The molecule has 1 saturated carbocycles. The Morgan fingerprint density at radius 1 is 0.957 bits per heavy atom. The fourth-order valence-electron chi connectivity index (χ4n) is 3.66. The maximum Gasteiger partial charge on any atom is 0.410 e. The molecule has 3 fully saturated rings. The van der Waals surface area contributed by atoms with Gasteiger partial charge in [0.05, 0.1) is 26.1 Å². The minimum Gasteiger partial charge on any atom is -0.469 e. The maximum absolute atomic E-state index is 12.4. The van der Waals surface area contributed by atoms with Gasteiger partial charge in [-0.1, -0.05) is 0 Å². The molecular weight excluding hydrogens is 302 g/mol. The van der Waals surface area contributed by atoms with Gasteiger partial charge in [0.25, 0.3) is 0 Å². The third kappa shape index (κ3) is 3.43. The van der Waals surface area contributed by atoms with Crippen LogP contribution in [0.5, 0.6) is 0 Å². The predicted octanol–water partition coefficient (Wildman–Crippen LogP) is 1.59. The highest BCUT2D eigenvalue weighted by atomic mass is 16.6. The van der Waals surface area contributed by atoms with Crippen molar-refractivity contribution in [2.24, 2.45) is 17.8 Å². The number of carbonyl (C=O) groups excluding carboxylic acids is 3. The Morgan fingerprint density at radius 2 is 1.52 bits per heavy atom. The molecule has 0 radical (unpaired) electrons. The van der Waals surface area contributed by atoms with Gasteiger partial charge in [-0.15, -0.1) is 0 Å². The van der Waals surface area contributed by atoms with E-state index in [2.05, 4.69) is 0 Å². The molecule has 2 aliphatic heterocycles. The lowest BCUT2D eigenvalue weighted by Gasteiger charge is -2.51. The second-order valence-corrected chi connectivity index (χ2v) is 7.14. The topological polar surface area (TPSA) is 82.1 Å². The summed E-state index contributed by atoms with van der Waals surface area (Å²) < 4.78 is 15.2. The molecule has 0 aromatic heterocycles. The molecule has 0 N–H and O–H groups in total. The fraction of sp³-hybridized carbons (Fsp3) is 0.812. The van der Waals surface area contributed by atoms with Gasteiger partial charge < -0.3 is 19.1 Å². The van der Waals surface area contributed by atoms with Crippen LogP contribution < -0.4 is 0 Å². The van der Waals surface area contributed by atoms with Gasteiger partial charge in [-0.2, -0.15) is 0 Å². The fourth-order valence-corrected chi connectivity index (χ4v) is 3.66. The van der Waals surface area contributed by atoms with Crippen molar-refractivity contribution in [3.8, 4) is 0 Å². The molecule has 4 atom stereocenters. The lowest BCUT2D eigenvalue weighted by molar-refractivity contribution is -0.173. The molecule has 3 rings (SSSR count). The van der Waals surface area contributed by atoms with Gasteiger partial charge in [-0.05, 0) is 39.5 Å². The predicted molar refractivity (Wildman–Crippen MR) is 80.5 cm³/mol. The van der Waals surface area contributed by atoms with Gasteiger partial charge in [0, 0.05) is 12.6 Å². The Balaban J connectivity index is 2.27. The van der Waals surface area contributed by atoms with E-state index < -0.39 is 41.5 Å². The standard InChI is InChI=1S/C16H25NO6/c1-16(2,3)23-15(20)17-8-9-6-7-10(17)12(14(19)22-5)11(9)13(18)21-4/h9-12H,6-8H2,1-5H3/t9-,10-,11-,12+/m1/s1. The van der Waals surface area contributed by atoms with Crippen LogP contribution in [0.25, 0.3) is 0 Å². The lowest BCUT2D eigenvalue weighted by Crippen LogP contribution is -2.63. The highest BCUT2D eigenvalue weighted by Gasteiger charge is 2.56. The highest BCUT2D eigenvalue weighted by molar-refractivity contribution is 5.84. The zero-order chi connectivity index (χ0) is 17.4. The van der Waals surface area contributed by atoms with Crippen LogP contribution in [0.2, 0.25) is 0 Å². The molecular formula is C16H25NO6. The summed E-state index contributed by atoms with van der Waals surface area (Å²) in [6.45, 7) is 5.78. The summed E-state index contributed by atoms with van der Waals surface area (Å²) >= 11 is 0. The molecule has 2 heterocycles. The van der Waals surface area contributed by atoms with Crippen molar-refractivity contribution < 1.29 is 28.6 Å². The monoisotopic (exact) mass is 327 g/mol. The molecule has 2 bridgehead atoms. The first-order valence-electron chi connectivity index (χ1n) is 7.85. The van der Waals surface area contributed by atoms with Crippen molar-refractivity contribution in [3.63, 3.8) is 0 Å². The number of rotatable bonds is 2. The van der Waals surface area contributed by atoms with E-state index in [1.165, 1.54) is 14.2 Å². The molecule has 0 aromatic rings. The summed E-state index contributed by atoms with van der Waals surface area (Å²) in [5, 5.41) is 0. The van der Waals surface area contributed by atoms with Gasteiger partial charge in [-0.3, -0.25) is 9.59 Å². The maximum atomic E-state index is 12.4. The first-order chi connectivity index (χ1) is 10.7. The number of esters is 2. The number of nitrogens with zero attached hydrogens (tertiary/aromatic N) is 1. The van der Waals surface area contributed by atoms with E-state index in [1.807, 2.05) is 0 Å². The SMILES string of the molecule is COC(=O)[C@@H]1[C@@H]2CC[C@H]([C@@H]1C(=O)OC)N(C(=O)OC(C)(C)C)C2. The number of fused-ring (bicyclic) bond motifs is 3. The first kappa shape index (κ1) is 17.6. The Morgan fingerprint density at radius 3 is 2.04 bits per heavy atom. The van der Waals surface area contributed by atoms with Crippen molar-refractivity contribution in [3.05, 3.63) is 0 Å². The van der Waals surface area contributed by atoms with Crippen LogP contribution in [-0.2, 0) is 23.8 Å². The number of methoxy groups -OCH3 is 2.